The van der Waals surface area contributed by atoms with E-state index in [0.29, 0.717) is 0 Å². The summed E-state index contributed by atoms with van der Waals surface area (Å²) in [6.45, 7) is 4.00. The Labute approximate surface area is 191 Å². The van der Waals surface area contributed by atoms with Crippen LogP contribution in [0.25, 0.3) is 0 Å². The molecule has 2 nitrogen and oxygen atoms in total. The maximum atomic E-state index is 11.5. The summed E-state index contributed by atoms with van der Waals surface area (Å²) in [5, 5.41) is 0. The number of fused-ring (bicyclic) bond motifs is 1. The molecule has 1 fully saturated rings. The van der Waals surface area contributed by atoms with Crippen molar-refractivity contribution in [3.8, 4) is 0 Å². The maximum Gasteiger partial charge on any atom is 0.220 e. The molecule has 0 spiro atoms. The van der Waals surface area contributed by atoms with Gasteiger partial charge in [0.2, 0.25) is 5.91 Å². The summed E-state index contributed by atoms with van der Waals surface area (Å²) >= 11 is 0. The van der Waals surface area contributed by atoms with E-state index < -0.39 is 0 Å². The lowest BCUT2D eigenvalue weighted by Crippen LogP contribution is -2.28. The molecular weight excluding hydrogens is 378 g/mol. The lowest BCUT2D eigenvalue weighted by atomic mass is 9.82. The minimum atomic E-state index is -0.149. The molecule has 1 unspecified atom stereocenters. The number of amides is 1. The quantitative estimate of drug-likeness (QED) is 0.546. The summed E-state index contributed by atoms with van der Waals surface area (Å²) in [5.74, 6) is 0.630. The van der Waals surface area contributed by atoms with E-state index in [1.165, 1.54) is 67.2 Å². The predicted molar refractivity (Wildman–Crippen MR) is 134 cm³/mol. The summed E-state index contributed by atoms with van der Waals surface area (Å²) in [6, 6.07) is 16.2. The van der Waals surface area contributed by atoms with Crippen LogP contribution < -0.4 is 5.73 Å². The van der Waals surface area contributed by atoms with Gasteiger partial charge in [-0.25, -0.2) is 0 Å². The molecule has 0 bridgehead atoms. The number of hydrogen-bond acceptors (Lipinski definition) is 1. The molecule has 2 aliphatic rings. The Bertz CT molecular complexity index is 839. The van der Waals surface area contributed by atoms with Crippen LogP contribution in [0.1, 0.15) is 100 Å². The average Bonchev–Trinajstić information content (AvgIpc) is 2.78. The topological polar surface area (TPSA) is 43.1 Å². The van der Waals surface area contributed by atoms with Crippen molar-refractivity contribution in [2.24, 2.45) is 11.7 Å². The molecule has 4 rings (SSSR count). The van der Waals surface area contributed by atoms with E-state index in [1.54, 1.807) is 5.56 Å². The highest BCUT2D eigenvalue weighted by Gasteiger charge is 2.22. The van der Waals surface area contributed by atoms with Gasteiger partial charge in [0.15, 0.2) is 0 Å². The van der Waals surface area contributed by atoms with Crippen LogP contribution in [-0.2, 0) is 30.5 Å². The first kappa shape index (κ1) is 23.6. The molecule has 2 heteroatoms. The van der Waals surface area contributed by atoms with Crippen molar-refractivity contribution < 1.29 is 6.22 Å². The smallest absolute Gasteiger partial charge is 0.220 e. The second-order valence-corrected chi connectivity index (χ2v) is 9.23. The number of benzene rings is 2. The number of nitrogens with two attached hydrogens (primary N) is 1. The molecule has 170 valence electrons. The summed E-state index contributed by atoms with van der Waals surface area (Å²) in [4.78, 5) is 11.5. The largest absolute Gasteiger partial charge is 0.369 e. The van der Waals surface area contributed by atoms with Crippen LogP contribution in [0.5, 0.6) is 0 Å². The summed E-state index contributed by atoms with van der Waals surface area (Å²) in [7, 11) is 0. The Morgan fingerprint density at radius 3 is 2.26 bits per heavy atom. The third-order valence-corrected chi connectivity index (χ3v) is 7.13. The van der Waals surface area contributed by atoms with Crippen molar-refractivity contribution in [2.75, 3.05) is 0 Å². The van der Waals surface area contributed by atoms with Gasteiger partial charge in [-0.1, -0.05) is 88.4 Å². The van der Waals surface area contributed by atoms with Crippen LogP contribution in [0.3, 0.4) is 0 Å². The highest BCUT2D eigenvalue weighted by Crippen LogP contribution is 2.31. The molecule has 0 saturated heterocycles. The lowest BCUT2D eigenvalue weighted by molar-refractivity contribution is -0.122. The van der Waals surface area contributed by atoms with Crippen molar-refractivity contribution >= 4 is 5.91 Å². The van der Waals surface area contributed by atoms with E-state index in [4.69, 9.17) is 5.73 Å². The molecule has 0 heterocycles. The zero-order valence-electron chi connectivity index (χ0n) is 19.7. The van der Waals surface area contributed by atoms with Gasteiger partial charge in [-0.05, 0) is 78.7 Å². The Morgan fingerprint density at radius 2 is 1.55 bits per heavy atom. The van der Waals surface area contributed by atoms with Gasteiger partial charge in [0.1, 0.15) is 0 Å². The molecule has 1 amide bonds. The number of rotatable bonds is 5. The standard InChI is InChI=1S/C27H35NO.C2H6.H2/c28-27(29)26-16-15-24-18-21(13-14-25(24)19-26)12-11-20-7-6-10-23(17-20)22-8-4-2-1-3-5-9-22;1-2;/h6-7,10,13-14,17-18,22,26H,1-5,8-9,11-12,15-16,19H2,(H2,28,29);1-2H3;1H. The van der Waals surface area contributed by atoms with Crippen molar-refractivity contribution in [3.63, 3.8) is 0 Å². The van der Waals surface area contributed by atoms with Crippen LogP contribution in [0.4, 0.5) is 0 Å². The SMILES string of the molecule is CC.NC(=O)C1CCc2cc(CCc3cccc(C4CCCCCCC4)c3)ccc2C1.[HH]. The first-order chi connectivity index (χ1) is 15.2. The van der Waals surface area contributed by atoms with Crippen LogP contribution in [0.2, 0.25) is 0 Å². The van der Waals surface area contributed by atoms with Crippen molar-refractivity contribution in [2.45, 2.75) is 96.8 Å². The average molecular weight is 422 g/mol. The lowest BCUT2D eigenvalue weighted by Gasteiger charge is -2.23. The normalized spacial score (nSPS) is 19.4. The molecule has 2 aromatic rings. The maximum absolute atomic E-state index is 11.5. The van der Waals surface area contributed by atoms with E-state index in [0.717, 1.165) is 38.0 Å². The van der Waals surface area contributed by atoms with E-state index in [1.807, 2.05) is 13.8 Å². The molecule has 1 atom stereocenters. The van der Waals surface area contributed by atoms with Crippen LogP contribution in [-0.4, -0.2) is 5.91 Å². The molecule has 31 heavy (non-hydrogen) atoms. The fourth-order valence-electron chi connectivity index (χ4n) is 5.29. The third-order valence-electron chi connectivity index (χ3n) is 7.13. The molecule has 0 aliphatic heterocycles. The van der Waals surface area contributed by atoms with Gasteiger partial charge in [-0.15, -0.1) is 0 Å². The number of primary amides is 1. The molecule has 2 aromatic carbocycles. The first-order valence-corrected chi connectivity index (χ1v) is 12.7. The predicted octanol–water partition coefficient (Wildman–Crippen LogP) is 7.16. The summed E-state index contributed by atoms with van der Waals surface area (Å²) < 4.78 is 0. The van der Waals surface area contributed by atoms with Crippen molar-refractivity contribution in [1.29, 1.82) is 0 Å². The minimum Gasteiger partial charge on any atom is -0.369 e. The monoisotopic (exact) mass is 421 g/mol. The second-order valence-electron chi connectivity index (χ2n) is 9.23. The van der Waals surface area contributed by atoms with Gasteiger partial charge in [0.25, 0.3) is 0 Å². The van der Waals surface area contributed by atoms with Crippen molar-refractivity contribution in [1.82, 2.24) is 0 Å². The molecule has 1 saturated carbocycles. The number of hydrogen-bond donors (Lipinski definition) is 1. The Kier molecular flexibility index (Phi) is 9.18. The number of carbonyl (C=O) groups is 1. The molecule has 2 N–H and O–H groups in total. The Morgan fingerprint density at radius 1 is 0.871 bits per heavy atom. The third kappa shape index (κ3) is 6.69. The summed E-state index contributed by atoms with van der Waals surface area (Å²) in [5.41, 5.74) is 12.7. The van der Waals surface area contributed by atoms with E-state index in [2.05, 4.69) is 42.5 Å². The van der Waals surface area contributed by atoms with Gasteiger partial charge in [0.05, 0.1) is 0 Å². The number of carbonyl (C=O) groups excluding carboxylic acids is 1. The Balaban J connectivity index is 0.00000118. The summed E-state index contributed by atoms with van der Waals surface area (Å²) in [6.07, 6.45) is 14.6. The van der Waals surface area contributed by atoms with E-state index >= 15 is 0 Å². The molecule has 2 aliphatic carbocycles. The van der Waals surface area contributed by atoms with Crippen LogP contribution in [0.15, 0.2) is 42.5 Å². The van der Waals surface area contributed by atoms with Gasteiger partial charge >= 0.3 is 0 Å². The van der Waals surface area contributed by atoms with Crippen molar-refractivity contribution in [3.05, 3.63) is 70.3 Å². The van der Waals surface area contributed by atoms with Gasteiger partial charge in [-0.3, -0.25) is 4.79 Å². The highest BCUT2D eigenvalue weighted by molar-refractivity contribution is 5.77. The van der Waals surface area contributed by atoms with Gasteiger partial charge in [-0.2, -0.15) is 0 Å². The fraction of sp³-hybridized carbons (Fsp3) is 0.552. The zero-order chi connectivity index (χ0) is 22.1. The van der Waals surface area contributed by atoms with E-state index in [9.17, 15) is 4.79 Å². The highest BCUT2D eigenvalue weighted by atomic mass is 16.1. The van der Waals surface area contributed by atoms with E-state index in [-0.39, 0.29) is 13.3 Å². The minimum absolute atomic E-state index is 0. The Hall–Kier alpha value is -2.09. The molecule has 0 aromatic heterocycles. The van der Waals surface area contributed by atoms with Crippen LogP contribution in [0, 0.1) is 5.92 Å². The fourth-order valence-corrected chi connectivity index (χ4v) is 5.29. The van der Waals surface area contributed by atoms with Gasteiger partial charge < -0.3 is 5.73 Å². The number of aryl methyl sites for hydroxylation is 3. The zero-order valence-corrected chi connectivity index (χ0v) is 19.7. The molecule has 0 radical (unpaired) electrons. The van der Waals surface area contributed by atoms with Crippen LogP contribution >= 0.6 is 0 Å². The second kappa shape index (κ2) is 12.1. The molecular formula is C29H43NO. The van der Waals surface area contributed by atoms with Gasteiger partial charge in [0, 0.05) is 7.34 Å². The first-order valence-electron chi connectivity index (χ1n) is 12.7.